The summed E-state index contributed by atoms with van der Waals surface area (Å²) in [5, 5.41) is 4.14. The number of rotatable bonds is 5. The van der Waals surface area contributed by atoms with Crippen LogP contribution in [0.2, 0.25) is 0 Å². The van der Waals surface area contributed by atoms with Crippen molar-refractivity contribution in [3.8, 4) is 11.5 Å². The Balaban J connectivity index is 0.00000259. The van der Waals surface area contributed by atoms with E-state index in [0.717, 1.165) is 43.4 Å². The molecular formula is C24H29ClN4O3S. The van der Waals surface area contributed by atoms with Crippen molar-refractivity contribution in [3.63, 3.8) is 0 Å². The van der Waals surface area contributed by atoms with Gasteiger partial charge in [0.05, 0.1) is 10.2 Å². The standard InChI is InChI=1S/C24H28N4O3S.ClH/c1-16-3-6-21-22(17(16)2)26-24(32-21)28-11-9-27(10-12-28)8-7-25-23(29)18-4-5-19-20(15-18)31-14-13-30-19;/h3-6,15H,7-14H2,1-2H3,(H,25,29);1H. The number of carbonyl (C=O) groups is 1. The number of hydrogen-bond acceptors (Lipinski definition) is 7. The molecule has 3 heterocycles. The molecule has 7 nitrogen and oxygen atoms in total. The van der Waals surface area contributed by atoms with Crippen LogP contribution < -0.4 is 19.7 Å². The van der Waals surface area contributed by atoms with E-state index in [1.165, 1.54) is 15.8 Å². The summed E-state index contributed by atoms with van der Waals surface area (Å²) >= 11 is 1.78. The second kappa shape index (κ2) is 10.2. The van der Waals surface area contributed by atoms with Gasteiger partial charge in [-0.2, -0.15) is 0 Å². The number of fused-ring (bicyclic) bond motifs is 2. The van der Waals surface area contributed by atoms with E-state index in [-0.39, 0.29) is 18.3 Å². The molecule has 0 saturated carbocycles. The molecule has 0 aliphatic carbocycles. The Bertz CT molecular complexity index is 1140. The highest BCUT2D eigenvalue weighted by molar-refractivity contribution is 7.22. The van der Waals surface area contributed by atoms with Crippen molar-refractivity contribution in [1.82, 2.24) is 15.2 Å². The number of benzene rings is 2. The molecule has 0 radical (unpaired) electrons. The molecule has 9 heteroatoms. The van der Waals surface area contributed by atoms with E-state index in [9.17, 15) is 4.79 Å². The average molecular weight is 489 g/mol. The number of carbonyl (C=O) groups excluding carboxylic acids is 1. The molecule has 2 aliphatic heterocycles. The average Bonchev–Trinajstić information content (AvgIpc) is 3.27. The summed E-state index contributed by atoms with van der Waals surface area (Å²) in [7, 11) is 0. The molecule has 3 aromatic rings. The fourth-order valence-electron chi connectivity index (χ4n) is 4.13. The van der Waals surface area contributed by atoms with Crippen LogP contribution in [-0.4, -0.2) is 68.3 Å². The van der Waals surface area contributed by atoms with E-state index in [1.807, 2.05) is 0 Å². The molecular weight excluding hydrogens is 460 g/mol. The van der Waals surface area contributed by atoms with Crippen molar-refractivity contribution in [3.05, 3.63) is 47.0 Å². The lowest BCUT2D eigenvalue weighted by Gasteiger charge is -2.34. The van der Waals surface area contributed by atoms with E-state index in [0.29, 0.717) is 36.8 Å². The van der Waals surface area contributed by atoms with Crippen molar-refractivity contribution >= 4 is 45.0 Å². The van der Waals surface area contributed by atoms with Gasteiger partial charge < -0.3 is 19.7 Å². The number of ether oxygens (including phenoxy) is 2. The highest BCUT2D eigenvalue weighted by atomic mass is 35.5. The lowest BCUT2D eigenvalue weighted by molar-refractivity contribution is 0.0946. The lowest BCUT2D eigenvalue weighted by atomic mass is 10.1. The van der Waals surface area contributed by atoms with Crippen LogP contribution in [0.4, 0.5) is 5.13 Å². The summed E-state index contributed by atoms with van der Waals surface area (Å²) in [5.41, 5.74) is 4.30. The third kappa shape index (κ3) is 5.03. The number of nitrogens with one attached hydrogen (secondary N) is 1. The number of halogens is 1. The Labute approximate surface area is 204 Å². The normalized spacial score (nSPS) is 15.9. The quantitative estimate of drug-likeness (QED) is 0.591. The van der Waals surface area contributed by atoms with E-state index in [1.54, 1.807) is 29.5 Å². The molecule has 0 unspecified atom stereocenters. The van der Waals surface area contributed by atoms with Crippen LogP contribution in [0.15, 0.2) is 30.3 Å². The monoisotopic (exact) mass is 488 g/mol. The Morgan fingerprint density at radius 1 is 1.06 bits per heavy atom. The third-order valence-corrected chi connectivity index (χ3v) is 7.32. The first-order chi connectivity index (χ1) is 15.6. The van der Waals surface area contributed by atoms with Gasteiger partial charge in [0.25, 0.3) is 5.91 Å². The molecule has 0 atom stereocenters. The SMILES string of the molecule is Cc1ccc2sc(N3CCN(CCNC(=O)c4ccc5c(c4)OCCO5)CC3)nc2c1C.Cl. The summed E-state index contributed by atoms with van der Waals surface area (Å²) in [4.78, 5) is 22.2. The van der Waals surface area contributed by atoms with Gasteiger partial charge in [-0.05, 0) is 49.2 Å². The van der Waals surface area contributed by atoms with E-state index >= 15 is 0 Å². The summed E-state index contributed by atoms with van der Waals surface area (Å²) < 4.78 is 12.3. The molecule has 1 aromatic heterocycles. The molecule has 0 spiro atoms. The zero-order valence-electron chi connectivity index (χ0n) is 18.9. The van der Waals surface area contributed by atoms with E-state index in [4.69, 9.17) is 14.5 Å². The molecule has 1 fully saturated rings. The van der Waals surface area contributed by atoms with Crippen molar-refractivity contribution in [1.29, 1.82) is 0 Å². The number of aromatic nitrogens is 1. The number of piperazine rings is 1. The Kier molecular flexibility index (Phi) is 7.26. The third-order valence-electron chi connectivity index (χ3n) is 6.23. The van der Waals surface area contributed by atoms with Gasteiger partial charge in [0, 0.05) is 44.8 Å². The lowest BCUT2D eigenvalue weighted by Crippen LogP contribution is -2.48. The van der Waals surface area contributed by atoms with Gasteiger partial charge >= 0.3 is 0 Å². The molecule has 176 valence electrons. The minimum absolute atomic E-state index is 0. The number of amides is 1. The summed E-state index contributed by atoms with van der Waals surface area (Å²) in [6.45, 7) is 10.6. The van der Waals surface area contributed by atoms with E-state index in [2.05, 4.69) is 41.1 Å². The fourth-order valence-corrected chi connectivity index (χ4v) is 5.20. The van der Waals surface area contributed by atoms with Crippen LogP contribution in [-0.2, 0) is 0 Å². The van der Waals surface area contributed by atoms with Crippen LogP contribution >= 0.6 is 23.7 Å². The highest BCUT2D eigenvalue weighted by Gasteiger charge is 2.21. The van der Waals surface area contributed by atoms with Gasteiger partial charge in [0.15, 0.2) is 16.6 Å². The smallest absolute Gasteiger partial charge is 0.251 e. The fraction of sp³-hybridized carbons (Fsp3) is 0.417. The zero-order chi connectivity index (χ0) is 22.1. The number of nitrogens with zero attached hydrogens (tertiary/aromatic N) is 3. The van der Waals surface area contributed by atoms with Gasteiger partial charge in [0.2, 0.25) is 0 Å². The van der Waals surface area contributed by atoms with Crippen molar-refractivity contribution in [2.45, 2.75) is 13.8 Å². The van der Waals surface area contributed by atoms with Crippen molar-refractivity contribution in [2.24, 2.45) is 0 Å². The van der Waals surface area contributed by atoms with Crippen LogP contribution in [0.1, 0.15) is 21.5 Å². The topological polar surface area (TPSA) is 66.9 Å². The van der Waals surface area contributed by atoms with Crippen molar-refractivity contribution in [2.75, 3.05) is 57.4 Å². The number of anilines is 1. The predicted molar refractivity (Wildman–Crippen MR) is 135 cm³/mol. The van der Waals surface area contributed by atoms with Gasteiger partial charge in [-0.25, -0.2) is 4.98 Å². The molecule has 0 bridgehead atoms. The molecule has 2 aliphatic rings. The molecule has 1 N–H and O–H groups in total. The van der Waals surface area contributed by atoms with Gasteiger partial charge in [-0.15, -0.1) is 12.4 Å². The maximum absolute atomic E-state index is 12.5. The minimum atomic E-state index is -0.0826. The number of thiazole rings is 1. The molecule has 33 heavy (non-hydrogen) atoms. The first-order valence-corrected chi connectivity index (χ1v) is 11.9. The molecule has 1 amide bonds. The number of hydrogen-bond donors (Lipinski definition) is 1. The van der Waals surface area contributed by atoms with Crippen LogP contribution in [0.3, 0.4) is 0 Å². The number of aryl methyl sites for hydroxylation is 2. The van der Waals surface area contributed by atoms with Gasteiger partial charge in [-0.3, -0.25) is 9.69 Å². The van der Waals surface area contributed by atoms with Crippen molar-refractivity contribution < 1.29 is 14.3 Å². The molecule has 5 rings (SSSR count). The van der Waals surface area contributed by atoms with Crippen LogP contribution in [0.25, 0.3) is 10.2 Å². The summed E-state index contributed by atoms with van der Waals surface area (Å²) in [5.74, 6) is 1.25. The first kappa shape index (κ1) is 23.6. The van der Waals surface area contributed by atoms with E-state index < -0.39 is 0 Å². The highest BCUT2D eigenvalue weighted by Crippen LogP contribution is 2.32. The Morgan fingerprint density at radius 3 is 2.61 bits per heavy atom. The minimum Gasteiger partial charge on any atom is -0.486 e. The second-order valence-electron chi connectivity index (χ2n) is 8.29. The maximum atomic E-state index is 12.5. The second-order valence-corrected chi connectivity index (χ2v) is 9.30. The predicted octanol–water partition coefficient (Wildman–Crippen LogP) is 3.66. The first-order valence-electron chi connectivity index (χ1n) is 11.1. The van der Waals surface area contributed by atoms with Gasteiger partial charge in [0.1, 0.15) is 13.2 Å². The van der Waals surface area contributed by atoms with Crippen LogP contribution in [0.5, 0.6) is 11.5 Å². The van der Waals surface area contributed by atoms with Gasteiger partial charge in [-0.1, -0.05) is 17.4 Å². The zero-order valence-corrected chi connectivity index (χ0v) is 20.6. The maximum Gasteiger partial charge on any atom is 0.251 e. The Hall–Kier alpha value is -2.55. The molecule has 1 saturated heterocycles. The summed E-state index contributed by atoms with van der Waals surface area (Å²) in [6.07, 6.45) is 0. The Morgan fingerprint density at radius 2 is 1.82 bits per heavy atom. The largest absolute Gasteiger partial charge is 0.486 e. The van der Waals surface area contributed by atoms with Crippen LogP contribution in [0, 0.1) is 13.8 Å². The summed E-state index contributed by atoms with van der Waals surface area (Å²) in [6, 6.07) is 9.69. The molecule has 2 aromatic carbocycles.